The maximum atomic E-state index is 10.3. The maximum Gasteiger partial charge on any atom is 0.160 e. The summed E-state index contributed by atoms with van der Waals surface area (Å²) < 4.78 is 57.1. The van der Waals surface area contributed by atoms with Crippen LogP contribution in [-0.4, -0.2) is 32.0 Å². The van der Waals surface area contributed by atoms with Crippen molar-refractivity contribution in [2.75, 3.05) is 20.8 Å². The molecule has 2 aromatic rings. The molecule has 1 atom stereocenters. The Labute approximate surface area is 157 Å². The van der Waals surface area contributed by atoms with Crippen LogP contribution in [-0.2, 0) is 6.37 Å². The van der Waals surface area contributed by atoms with Gasteiger partial charge in [0.05, 0.1) is 21.7 Å². The van der Waals surface area contributed by atoms with Crippen molar-refractivity contribution in [2.45, 2.75) is 38.6 Å². The van der Waals surface area contributed by atoms with E-state index in [2.05, 4.69) is 0 Å². The fourth-order valence-electron chi connectivity index (χ4n) is 2.23. The van der Waals surface area contributed by atoms with Crippen LogP contribution >= 0.6 is 0 Å². The zero-order valence-corrected chi connectivity index (χ0v) is 14.8. The molecule has 1 N–H and O–H groups in total. The summed E-state index contributed by atoms with van der Waals surface area (Å²) in [6, 6.07) is 11.5. The maximum absolute atomic E-state index is 10.3. The van der Waals surface area contributed by atoms with Gasteiger partial charge in [0.15, 0.2) is 11.5 Å². The Morgan fingerprint density at radius 1 is 1.12 bits per heavy atom. The van der Waals surface area contributed by atoms with E-state index in [1.165, 1.54) is 32.4 Å². The minimum Gasteiger partial charge on any atom is -0.493 e. The average molecular weight is 349 g/mol. The minimum atomic E-state index is -2.39. The molecule has 0 heterocycles. The van der Waals surface area contributed by atoms with Gasteiger partial charge in [-0.1, -0.05) is 24.6 Å². The largest absolute Gasteiger partial charge is 0.493 e. The summed E-state index contributed by atoms with van der Waals surface area (Å²) in [6.45, 7) is 1.54. The summed E-state index contributed by atoms with van der Waals surface area (Å²) in [6.07, 6.45) is -7.50. The highest BCUT2D eigenvalue weighted by Gasteiger charge is 2.07. The molecule has 0 amide bonds. The lowest BCUT2D eigenvalue weighted by Gasteiger charge is -2.13. The molecule has 0 aliphatic rings. The van der Waals surface area contributed by atoms with Crippen molar-refractivity contribution in [3.05, 3.63) is 53.6 Å². The Hall–Kier alpha value is -2.20. The Balaban J connectivity index is 2.08. The van der Waals surface area contributed by atoms with Gasteiger partial charge in [0, 0.05) is 5.48 Å². The fraction of sp³-hybridized carbons (Fsp3) is 0.429. The number of rotatable bonds is 10. The fourth-order valence-corrected chi connectivity index (χ4v) is 2.23. The van der Waals surface area contributed by atoms with Crippen molar-refractivity contribution in [3.8, 4) is 17.2 Å². The Kier molecular flexibility index (Phi) is 5.20. The zero-order valence-electron chi connectivity index (χ0n) is 19.8. The van der Waals surface area contributed by atoms with E-state index in [1.807, 2.05) is 13.0 Å². The summed E-state index contributed by atoms with van der Waals surface area (Å²) in [4.78, 5) is 0. The van der Waals surface area contributed by atoms with E-state index in [1.54, 1.807) is 18.2 Å². The lowest BCUT2D eigenvalue weighted by Crippen LogP contribution is -2.17. The summed E-state index contributed by atoms with van der Waals surface area (Å²) in [7, 11) is 2.87. The van der Waals surface area contributed by atoms with Crippen molar-refractivity contribution in [3.63, 3.8) is 0 Å². The predicted octanol–water partition coefficient (Wildman–Crippen LogP) is 4.16. The first kappa shape index (κ1) is 13.1. The average Bonchev–Trinajstić information content (AvgIpc) is 2.70. The van der Waals surface area contributed by atoms with Crippen LogP contribution in [0.3, 0.4) is 0 Å². The lowest BCUT2D eigenvalue weighted by atomic mass is 10.0. The zero-order chi connectivity index (χ0) is 22.6. The molecule has 0 bridgehead atoms. The monoisotopic (exact) mass is 349 g/mol. The third kappa shape index (κ3) is 6.31. The molecule has 4 nitrogen and oxygen atoms in total. The van der Waals surface area contributed by atoms with Crippen molar-refractivity contribution in [1.82, 2.24) is 0 Å². The topological polar surface area (TPSA) is 47.9 Å². The van der Waals surface area contributed by atoms with Crippen LogP contribution in [0.5, 0.6) is 17.2 Å². The van der Waals surface area contributed by atoms with Gasteiger partial charge < -0.3 is 19.3 Å². The van der Waals surface area contributed by atoms with Gasteiger partial charge in [-0.25, -0.2) is 0 Å². The van der Waals surface area contributed by atoms with Crippen molar-refractivity contribution in [2.24, 2.45) is 0 Å². The molecule has 0 radical (unpaired) electrons. The molecule has 0 saturated heterocycles. The molecule has 136 valence electrons. The van der Waals surface area contributed by atoms with Crippen LogP contribution in [0.1, 0.15) is 37.2 Å². The quantitative estimate of drug-likeness (QED) is 0.699. The summed E-state index contributed by atoms with van der Waals surface area (Å²) in [5, 5.41) is 10.3. The van der Waals surface area contributed by atoms with E-state index in [-0.39, 0.29) is 25.0 Å². The second-order valence-corrected chi connectivity index (χ2v) is 5.54. The molecule has 2 rings (SSSR count). The first-order valence-corrected chi connectivity index (χ1v) is 8.06. The Morgan fingerprint density at radius 3 is 2.64 bits per heavy atom. The molecular formula is C21H28O4. The van der Waals surface area contributed by atoms with E-state index in [9.17, 15) is 5.11 Å². The number of hydrogen-bond donors (Lipinski definition) is 1. The van der Waals surface area contributed by atoms with Crippen LogP contribution in [0, 0.1) is 6.92 Å². The van der Waals surface area contributed by atoms with Gasteiger partial charge in [-0.2, -0.15) is 0 Å². The first-order chi connectivity index (χ1) is 13.9. The number of aliphatic hydroxyl groups is 1. The number of ether oxygens (including phenoxy) is 3. The minimum absolute atomic E-state index is 0.0784. The number of benzene rings is 2. The van der Waals surface area contributed by atoms with Gasteiger partial charge in [0.2, 0.25) is 0 Å². The molecular weight excluding hydrogens is 316 g/mol. The van der Waals surface area contributed by atoms with Crippen LogP contribution in [0.25, 0.3) is 0 Å². The molecule has 2 aromatic carbocycles. The highest BCUT2D eigenvalue weighted by Crippen LogP contribution is 2.28. The first-order valence-electron chi connectivity index (χ1n) is 10.6. The van der Waals surface area contributed by atoms with E-state index in [0.717, 1.165) is 5.56 Å². The van der Waals surface area contributed by atoms with Crippen LogP contribution in [0.4, 0.5) is 0 Å². The molecule has 1 unspecified atom stereocenters. The Morgan fingerprint density at radius 2 is 1.92 bits per heavy atom. The molecule has 0 fully saturated rings. The van der Waals surface area contributed by atoms with E-state index < -0.39 is 18.8 Å². The highest BCUT2D eigenvalue weighted by atomic mass is 16.5. The summed E-state index contributed by atoms with van der Waals surface area (Å²) in [5.74, 6) is 1.20. The number of methoxy groups -OCH3 is 2. The predicted molar refractivity (Wildman–Crippen MR) is 99.8 cm³/mol. The van der Waals surface area contributed by atoms with Crippen molar-refractivity contribution >= 4 is 0 Å². The number of hydrogen-bond acceptors (Lipinski definition) is 4. The molecule has 0 saturated carbocycles. The molecule has 25 heavy (non-hydrogen) atoms. The standard InChI is InChI=1S/C21H28O4/c1-16-7-6-10-19(13-16)25-15-18(22)9-5-4-8-17-11-12-20(23-2)21(14-17)24-3/h6-7,10-14,18,22H,4-5,8-9,15H2,1-3H3/i4D2,8D2,18D. The molecule has 4 heteroatoms. The van der Waals surface area contributed by atoms with Gasteiger partial charge in [0.1, 0.15) is 12.4 Å². The molecule has 0 aromatic heterocycles. The van der Waals surface area contributed by atoms with Crippen LogP contribution in [0.15, 0.2) is 42.5 Å². The smallest absolute Gasteiger partial charge is 0.160 e. The van der Waals surface area contributed by atoms with Gasteiger partial charge in [0.25, 0.3) is 0 Å². The van der Waals surface area contributed by atoms with Gasteiger partial charge in [-0.15, -0.1) is 0 Å². The third-order valence-electron chi connectivity index (χ3n) is 3.55. The normalized spacial score (nSPS) is 17.2. The van der Waals surface area contributed by atoms with Gasteiger partial charge in [-0.3, -0.25) is 0 Å². The molecule has 0 aliphatic heterocycles. The second kappa shape index (κ2) is 9.94. The highest BCUT2D eigenvalue weighted by molar-refractivity contribution is 5.42. The molecule has 0 spiro atoms. The number of aryl methyl sites for hydroxylation is 2. The van der Waals surface area contributed by atoms with Crippen molar-refractivity contribution < 1.29 is 26.2 Å². The second-order valence-electron chi connectivity index (χ2n) is 5.54. The lowest BCUT2D eigenvalue weighted by molar-refractivity contribution is 0.0976. The Bertz CT molecular complexity index is 855. The molecule has 0 aliphatic carbocycles. The summed E-state index contributed by atoms with van der Waals surface area (Å²) in [5.41, 5.74) is 1.05. The van der Waals surface area contributed by atoms with Crippen LogP contribution in [0.2, 0.25) is 0 Å². The van der Waals surface area contributed by atoms with Crippen LogP contribution < -0.4 is 14.2 Å². The third-order valence-corrected chi connectivity index (χ3v) is 3.55. The van der Waals surface area contributed by atoms with Gasteiger partial charge >= 0.3 is 0 Å². The SMILES string of the molecule is [2H]C(O)(CCC([2H])([2H])C([2H])([2H])c1ccc(OC)c(OC)c1)COc1cccc(C)c1. The van der Waals surface area contributed by atoms with Gasteiger partial charge in [-0.05, 0) is 61.5 Å². The summed E-state index contributed by atoms with van der Waals surface area (Å²) >= 11 is 0. The van der Waals surface area contributed by atoms with E-state index >= 15 is 0 Å². The van der Waals surface area contributed by atoms with Crippen molar-refractivity contribution in [1.29, 1.82) is 0 Å². The van der Waals surface area contributed by atoms with E-state index in [0.29, 0.717) is 17.2 Å². The van der Waals surface area contributed by atoms with E-state index in [4.69, 9.17) is 21.1 Å².